The Labute approximate surface area is 108 Å². The molecule has 6 nitrogen and oxygen atoms in total. The predicted octanol–water partition coefficient (Wildman–Crippen LogP) is 1.13. The molecule has 2 aromatic heterocycles. The Morgan fingerprint density at radius 1 is 1.26 bits per heavy atom. The lowest BCUT2D eigenvalue weighted by Crippen LogP contribution is -2.10. The van der Waals surface area contributed by atoms with Gasteiger partial charge in [0, 0.05) is 6.42 Å². The maximum atomic E-state index is 11.7. The van der Waals surface area contributed by atoms with E-state index in [1.165, 1.54) is 5.56 Å². The van der Waals surface area contributed by atoms with Gasteiger partial charge < -0.3 is 10.7 Å². The van der Waals surface area contributed by atoms with Gasteiger partial charge in [0.15, 0.2) is 11.2 Å². The molecule has 0 unspecified atom stereocenters. The van der Waals surface area contributed by atoms with E-state index in [2.05, 4.69) is 26.0 Å². The van der Waals surface area contributed by atoms with Gasteiger partial charge >= 0.3 is 0 Å². The minimum absolute atomic E-state index is 0.0751. The molecule has 2 heterocycles. The third kappa shape index (κ3) is 2.20. The van der Waals surface area contributed by atoms with E-state index in [9.17, 15) is 4.79 Å². The molecule has 0 fully saturated rings. The van der Waals surface area contributed by atoms with Gasteiger partial charge in [-0.15, -0.1) is 0 Å². The van der Waals surface area contributed by atoms with Crippen molar-refractivity contribution in [1.29, 1.82) is 0 Å². The van der Waals surface area contributed by atoms with Crippen LogP contribution in [0.25, 0.3) is 11.2 Å². The Bertz CT molecular complexity index is 802. The first-order chi connectivity index (χ1) is 9.11. The molecular formula is C13H13N5O. The molecule has 0 radical (unpaired) electrons. The summed E-state index contributed by atoms with van der Waals surface area (Å²) in [6.07, 6.45) is 0.622. The lowest BCUT2D eigenvalue weighted by Gasteiger charge is -1.99. The van der Waals surface area contributed by atoms with E-state index in [1.54, 1.807) is 0 Å². The molecular weight excluding hydrogens is 242 g/mol. The first-order valence-electron chi connectivity index (χ1n) is 5.92. The molecule has 6 heteroatoms. The molecule has 0 atom stereocenters. The number of nitrogens with zero attached hydrogens (tertiary/aromatic N) is 2. The number of fused-ring (bicyclic) bond motifs is 1. The number of nitrogens with one attached hydrogen (secondary N) is 2. The standard InChI is InChI=1S/C13H13N5O/c1-7-3-2-4-8(5-7)6-9-15-10-11(16-9)17-13(14)18-12(10)19/h2-5H,6H2,1H3,(H4,14,15,16,17,18,19). The maximum Gasteiger partial charge on any atom is 0.278 e. The van der Waals surface area contributed by atoms with Crippen molar-refractivity contribution in [3.8, 4) is 0 Å². The van der Waals surface area contributed by atoms with Crippen molar-refractivity contribution >= 4 is 17.1 Å². The summed E-state index contributed by atoms with van der Waals surface area (Å²) in [6.45, 7) is 2.04. The van der Waals surface area contributed by atoms with E-state index in [0.717, 1.165) is 5.56 Å². The van der Waals surface area contributed by atoms with Crippen LogP contribution in [0.2, 0.25) is 0 Å². The summed E-state index contributed by atoms with van der Waals surface area (Å²) in [5.74, 6) is 0.773. The fourth-order valence-electron chi connectivity index (χ4n) is 2.07. The Morgan fingerprint density at radius 2 is 2.11 bits per heavy atom. The largest absolute Gasteiger partial charge is 0.369 e. The van der Waals surface area contributed by atoms with Gasteiger partial charge in [0.1, 0.15) is 5.82 Å². The predicted molar refractivity (Wildman–Crippen MR) is 72.9 cm³/mol. The lowest BCUT2D eigenvalue weighted by atomic mass is 10.1. The van der Waals surface area contributed by atoms with Crippen LogP contribution >= 0.6 is 0 Å². The average Bonchev–Trinajstić information content (AvgIpc) is 2.71. The normalized spacial score (nSPS) is 11.0. The fourth-order valence-corrected chi connectivity index (χ4v) is 2.07. The second kappa shape index (κ2) is 4.24. The summed E-state index contributed by atoms with van der Waals surface area (Å²) in [4.78, 5) is 25.4. The number of anilines is 1. The minimum Gasteiger partial charge on any atom is -0.369 e. The molecule has 0 aliphatic rings. The molecule has 0 aliphatic carbocycles. The van der Waals surface area contributed by atoms with Crippen LogP contribution in [0.1, 0.15) is 17.0 Å². The minimum atomic E-state index is -0.300. The summed E-state index contributed by atoms with van der Waals surface area (Å²) < 4.78 is 0. The molecule has 19 heavy (non-hydrogen) atoms. The summed E-state index contributed by atoms with van der Waals surface area (Å²) in [5, 5.41) is 0. The van der Waals surface area contributed by atoms with E-state index in [0.29, 0.717) is 23.4 Å². The molecule has 3 rings (SSSR count). The van der Waals surface area contributed by atoms with E-state index in [-0.39, 0.29) is 11.5 Å². The molecule has 0 amide bonds. The monoisotopic (exact) mass is 255 g/mol. The number of H-pyrrole nitrogens is 2. The van der Waals surface area contributed by atoms with E-state index in [1.807, 2.05) is 25.1 Å². The van der Waals surface area contributed by atoms with Gasteiger partial charge in [0.05, 0.1) is 0 Å². The molecule has 0 spiro atoms. The second-order valence-electron chi connectivity index (χ2n) is 4.50. The van der Waals surface area contributed by atoms with Crippen molar-refractivity contribution < 1.29 is 0 Å². The van der Waals surface area contributed by atoms with Crippen molar-refractivity contribution in [3.63, 3.8) is 0 Å². The second-order valence-corrected chi connectivity index (χ2v) is 4.50. The number of hydrogen-bond acceptors (Lipinski definition) is 4. The topological polar surface area (TPSA) is 100 Å². The highest BCUT2D eigenvalue weighted by Crippen LogP contribution is 2.11. The van der Waals surface area contributed by atoms with Gasteiger partial charge in [-0.3, -0.25) is 9.78 Å². The van der Waals surface area contributed by atoms with Crippen LogP contribution in [0, 0.1) is 6.92 Å². The van der Waals surface area contributed by atoms with Crippen LogP contribution < -0.4 is 11.3 Å². The highest BCUT2D eigenvalue weighted by atomic mass is 16.1. The smallest absolute Gasteiger partial charge is 0.278 e. The van der Waals surface area contributed by atoms with Gasteiger partial charge in [-0.25, -0.2) is 4.98 Å². The Balaban J connectivity index is 2.02. The van der Waals surface area contributed by atoms with Crippen molar-refractivity contribution in [2.24, 2.45) is 0 Å². The zero-order valence-electron chi connectivity index (χ0n) is 10.4. The Kier molecular flexibility index (Phi) is 2.56. The van der Waals surface area contributed by atoms with Gasteiger partial charge in [-0.1, -0.05) is 29.8 Å². The Morgan fingerprint density at radius 3 is 2.89 bits per heavy atom. The summed E-state index contributed by atoms with van der Waals surface area (Å²) in [7, 11) is 0. The van der Waals surface area contributed by atoms with Crippen LogP contribution in [-0.4, -0.2) is 19.9 Å². The zero-order chi connectivity index (χ0) is 13.4. The number of aromatic amines is 2. The van der Waals surface area contributed by atoms with Crippen LogP contribution in [0.5, 0.6) is 0 Å². The highest BCUT2D eigenvalue weighted by molar-refractivity contribution is 5.70. The van der Waals surface area contributed by atoms with Gasteiger partial charge in [0.25, 0.3) is 5.56 Å². The molecule has 0 aliphatic heterocycles. The number of nitrogens with two attached hydrogens (primary N) is 1. The quantitative estimate of drug-likeness (QED) is 0.639. The summed E-state index contributed by atoms with van der Waals surface area (Å²) in [5.41, 5.74) is 8.21. The van der Waals surface area contributed by atoms with Crippen LogP contribution in [0.4, 0.5) is 5.95 Å². The number of imidazole rings is 1. The van der Waals surface area contributed by atoms with Crippen molar-refractivity contribution in [1.82, 2.24) is 19.9 Å². The zero-order valence-corrected chi connectivity index (χ0v) is 10.4. The van der Waals surface area contributed by atoms with E-state index < -0.39 is 0 Å². The number of aromatic nitrogens is 4. The number of rotatable bonds is 2. The van der Waals surface area contributed by atoms with Gasteiger partial charge in [-0.05, 0) is 12.5 Å². The molecule has 3 aromatic rings. The lowest BCUT2D eigenvalue weighted by molar-refractivity contribution is 1.03. The molecule has 4 N–H and O–H groups in total. The third-order valence-electron chi connectivity index (χ3n) is 2.88. The van der Waals surface area contributed by atoms with Crippen molar-refractivity contribution in [2.45, 2.75) is 13.3 Å². The van der Waals surface area contributed by atoms with Crippen LogP contribution in [0.15, 0.2) is 29.1 Å². The fraction of sp³-hybridized carbons (Fsp3) is 0.154. The maximum absolute atomic E-state index is 11.7. The Hall–Kier alpha value is -2.63. The van der Waals surface area contributed by atoms with Crippen molar-refractivity contribution in [3.05, 3.63) is 51.6 Å². The van der Waals surface area contributed by atoms with Crippen LogP contribution in [-0.2, 0) is 6.42 Å². The SMILES string of the molecule is Cc1cccc(Cc2nc3nc(N)[nH]c(=O)c3[nH]2)c1. The average molecular weight is 255 g/mol. The molecule has 0 bridgehead atoms. The summed E-state index contributed by atoms with van der Waals surface area (Å²) in [6, 6.07) is 8.14. The molecule has 0 saturated heterocycles. The number of benzene rings is 1. The number of aryl methyl sites for hydroxylation is 1. The highest BCUT2D eigenvalue weighted by Gasteiger charge is 2.09. The summed E-state index contributed by atoms with van der Waals surface area (Å²) >= 11 is 0. The van der Waals surface area contributed by atoms with E-state index >= 15 is 0 Å². The number of hydrogen-bond donors (Lipinski definition) is 3. The molecule has 0 saturated carbocycles. The van der Waals surface area contributed by atoms with Crippen molar-refractivity contribution in [2.75, 3.05) is 5.73 Å². The van der Waals surface area contributed by atoms with Crippen LogP contribution in [0.3, 0.4) is 0 Å². The van der Waals surface area contributed by atoms with E-state index in [4.69, 9.17) is 5.73 Å². The number of nitrogen functional groups attached to an aromatic ring is 1. The third-order valence-corrected chi connectivity index (χ3v) is 2.88. The molecule has 1 aromatic carbocycles. The first kappa shape index (κ1) is 11.5. The first-order valence-corrected chi connectivity index (χ1v) is 5.92. The van der Waals surface area contributed by atoms with Gasteiger partial charge in [-0.2, -0.15) is 4.98 Å². The molecule has 96 valence electrons. The van der Waals surface area contributed by atoms with Gasteiger partial charge in [0.2, 0.25) is 5.95 Å².